The number of alkyl halides is 10. The molecule has 1 aromatic carbocycles. The Hall–Kier alpha value is -2.15. The fourth-order valence-electron chi connectivity index (χ4n) is 3.73. The minimum absolute atomic E-state index is 0.265. The predicted molar refractivity (Wildman–Crippen MR) is 140 cm³/mol. The van der Waals surface area contributed by atoms with Crippen molar-refractivity contribution in [2.45, 2.75) is 109 Å². The van der Waals surface area contributed by atoms with Gasteiger partial charge in [0.15, 0.2) is 0 Å². The molecule has 0 bridgehead atoms. The molecule has 1 amide bonds. The second-order valence-electron chi connectivity index (χ2n) is 12.4. The fourth-order valence-corrected chi connectivity index (χ4v) is 3.73. The standard InChI is InChI=1S/C22H32B2F3NO5.C3F8O/c1-18(2)19(3,4)31-23(30-18)14-10-15(24-32-20(5,6)21(7,8)33-24)12-16(11-14)28(9)17(29)13-22(25,26)27;4-1(5,2(6,7)8)3(9,10)12-11/h10-12H,13H2,1-9H3;. The highest BCUT2D eigenvalue weighted by Gasteiger charge is 2.75. The van der Waals surface area contributed by atoms with E-state index in [4.69, 9.17) is 18.6 Å². The third-order valence-electron chi connectivity index (χ3n) is 7.94. The number of rotatable bonds is 6. The lowest BCUT2D eigenvalue weighted by Gasteiger charge is -2.32. The van der Waals surface area contributed by atoms with Gasteiger partial charge >= 0.3 is 38.6 Å². The van der Waals surface area contributed by atoms with Crippen LogP contribution in [0.15, 0.2) is 18.2 Å². The van der Waals surface area contributed by atoms with E-state index in [9.17, 15) is 53.2 Å². The van der Waals surface area contributed by atoms with Gasteiger partial charge in [0.05, 0.1) is 22.4 Å². The first-order valence-electron chi connectivity index (χ1n) is 13.1. The molecule has 7 nitrogen and oxygen atoms in total. The van der Waals surface area contributed by atoms with Crippen LogP contribution in [0.1, 0.15) is 61.8 Å². The first-order valence-corrected chi connectivity index (χ1v) is 13.1. The van der Waals surface area contributed by atoms with Crippen molar-refractivity contribution >= 4 is 36.8 Å². The summed E-state index contributed by atoms with van der Waals surface area (Å²) in [6.45, 7) is 15.3. The minimum atomic E-state index is -6.57. The summed E-state index contributed by atoms with van der Waals surface area (Å²) in [5.41, 5.74) is -1.08. The number of amides is 1. The molecule has 0 aliphatic carbocycles. The van der Waals surface area contributed by atoms with Crippen molar-refractivity contribution in [3.05, 3.63) is 18.2 Å². The first-order chi connectivity index (χ1) is 19.8. The van der Waals surface area contributed by atoms with Crippen LogP contribution in [-0.2, 0) is 28.4 Å². The summed E-state index contributed by atoms with van der Waals surface area (Å²) in [6.07, 6.45) is -18.9. The highest BCUT2D eigenvalue weighted by atomic mass is 19.4. The smallest absolute Gasteiger partial charge is 0.399 e. The Bertz CT molecular complexity index is 1150. The van der Waals surface area contributed by atoms with Gasteiger partial charge in [0.1, 0.15) is 6.42 Å². The van der Waals surface area contributed by atoms with Crippen LogP contribution in [0.2, 0.25) is 0 Å². The van der Waals surface area contributed by atoms with Crippen LogP contribution in [-0.4, -0.2) is 74.0 Å². The Kier molecular flexibility index (Phi) is 10.5. The molecule has 1 aromatic rings. The van der Waals surface area contributed by atoms with Gasteiger partial charge in [-0.1, -0.05) is 6.07 Å². The molecule has 0 radical (unpaired) electrons. The second kappa shape index (κ2) is 12.1. The van der Waals surface area contributed by atoms with Crippen LogP contribution in [0, 0.1) is 0 Å². The quantitative estimate of drug-likeness (QED) is 0.278. The third kappa shape index (κ3) is 8.23. The summed E-state index contributed by atoms with van der Waals surface area (Å²) in [7, 11) is -0.240. The van der Waals surface area contributed by atoms with E-state index in [1.165, 1.54) is 12.0 Å². The molecule has 45 heavy (non-hydrogen) atoms. The lowest BCUT2D eigenvalue weighted by Crippen LogP contribution is -2.52. The van der Waals surface area contributed by atoms with Gasteiger partial charge in [0.25, 0.3) is 0 Å². The highest BCUT2D eigenvalue weighted by molar-refractivity contribution is 6.66. The van der Waals surface area contributed by atoms with Crippen LogP contribution in [0.5, 0.6) is 0 Å². The normalized spacial score (nSPS) is 21.0. The third-order valence-corrected chi connectivity index (χ3v) is 7.94. The van der Waals surface area contributed by atoms with Crippen molar-refractivity contribution in [1.82, 2.24) is 0 Å². The SMILES string of the molecule is CN(C(=O)CC(F)(F)F)c1cc(B2OC(C)(C)C(C)(C)O2)cc(B2OC(C)(C)C(C)(C)O2)c1.FOC(F)(F)C(F)(F)C(F)(F)F. The average Bonchev–Trinajstić information content (AvgIpc) is 3.21. The molecule has 0 aromatic heterocycles. The summed E-state index contributed by atoms with van der Waals surface area (Å²) < 4.78 is 152. The maximum absolute atomic E-state index is 12.8. The summed E-state index contributed by atoms with van der Waals surface area (Å²) >= 11 is 0. The van der Waals surface area contributed by atoms with Crippen molar-refractivity contribution in [3.8, 4) is 0 Å². The van der Waals surface area contributed by atoms with Crippen molar-refractivity contribution in [1.29, 1.82) is 0 Å². The number of halogens is 11. The Morgan fingerprint density at radius 1 is 0.711 bits per heavy atom. The summed E-state index contributed by atoms with van der Waals surface area (Å²) in [4.78, 5) is 14.5. The maximum Gasteiger partial charge on any atom is 0.494 e. The zero-order chi connectivity index (χ0) is 35.4. The number of benzene rings is 1. The molecule has 0 atom stereocenters. The second-order valence-corrected chi connectivity index (χ2v) is 12.4. The summed E-state index contributed by atoms with van der Waals surface area (Å²) in [5, 5.41) is 0. The van der Waals surface area contributed by atoms with Crippen LogP contribution < -0.4 is 15.8 Å². The van der Waals surface area contributed by atoms with E-state index >= 15 is 0 Å². The van der Waals surface area contributed by atoms with E-state index in [0.717, 1.165) is 4.90 Å². The molecular formula is C25H32B2F11NO6. The molecule has 20 heteroatoms. The largest absolute Gasteiger partial charge is 0.494 e. The van der Waals surface area contributed by atoms with Gasteiger partial charge in [-0.05, 0) is 83.0 Å². The first kappa shape index (κ1) is 39.0. The van der Waals surface area contributed by atoms with Crippen LogP contribution in [0.25, 0.3) is 0 Å². The Balaban J connectivity index is 0.000000498. The van der Waals surface area contributed by atoms with Crippen LogP contribution in [0.4, 0.5) is 54.1 Å². The molecule has 2 heterocycles. The molecule has 0 unspecified atom stereocenters. The number of nitrogens with zero attached hydrogens (tertiary/aromatic N) is 1. The van der Waals surface area contributed by atoms with Gasteiger partial charge in [-0.25, -0.2) is 0 Å². The zero-order valence-electron chi connectivity index (χ0n) is 25.6. The Labute approximate surface area is 252 Å². The van der Waals surface area contributed by atoms with E-state index in [1.54, 1.807) is 18.2 Å². The van der Waals surface area contributed by atoms with Crippen molar-refractivity contribution in [3.63, 3.8) is 0 Å². The average molecular weight is 673 g/mol. The number of anilines is 1. The molecule has 0 N–H and O–H groups in total. The predicted octanol–water partition coefficient (Wildman–Crippen LogP) is 5.88. The van der Waals surface area contributed by atoms with Crippen molar-refractivity contribution < 1.29 is 76.8 Å². The van der Waals surface area contributed by atoms with Crippen LogP contribution >= 0.6 is 0 Å². The molecule has 0 saturated carbocycles. The fraction of sp³-hybridized carbons (Fsp3) is 0.720. The molecule has 3 rings (SSSR count). The van der Waals surface area contributed by atoms with E-state index in [0.29, 0.717) is 10.9 Å². The monoisotopic (exact) mass is 673 g/mol. The van der Waals surface area contributed by atoms with Gasteiger partial charge in [0, 0.05) is 12.7 Å². The molecule has 2 saturated heterocycles. The van der Waals surface area contributed by atoms with Gasteiger partial charge < -0.3 is 23.5 Å². The Morgan fingerprint density at radius 2 is 1.04 bits per heavy atom. The molecule has 256 valence electrons. The van der Waals surface area contributed by atoms with Crippen LogP contribution in [0.3, 0.4) is 0 Å². The van der Waals surface area contributed by atoms with E-state index in [2.05, 4.69) is 0 Å². The Morgan fingerprint density at radius 3 is 1.29 bits per heavy atom. The highest BCUT2D eigenvalue weighted by Crippen LogP contribution is 2.47. The molecule has 2 fully saturated rings. The molecule has 2 aliphatic heterocycles. The van der Waals surface area contributed by atoms with Crippen molar-refractivity contribution in [2.75, 3.05) is 11.9 Å². The van der Waals surface area contributed by atoms with Gasteiger partial charge in [-0.3, -0.25) is 4.79 Å². The van der Waals surface area contributed by atoms with Crippen molar-refractivity contribution in [2.24, 2.45) is 0 Å². The molecule has 2 aliphatic rings. The minimum Gasteiger partial charge on any atom is -0.399 e. The van der Waals surface area contributed by atoms with Gasteiger partial charge in [-0.2, -0.15) is 43.9 Å². The number of carbonyl (C=O) groups is 1. The summed E-state index contributed by atoms with van der Waals surface area (Å²) in [5.74, 6) is -7.62. The van der Waals surface area contributed by atoms with E-state index in [1.807, 2.05) is 55.4 Å². The van der Waals surface area contributed by atoms with Gasteiger partial charge in [0.2, 0.25) is 5.91 Å². The molecular weight excluding hydrogens is 641 g/mol. The topological polar surface area (TPSA) is 66.5 Å². The molecule has 0 spiro atoms. The number of carbonyl (C=O) groups excluding carboxylic acids is 1. The van der Waals surface area contributed by atoms with E-state index < -0.39 is 73.4 Å². The summed E-state index contributed by atoms with van der Waals surface area (Å²) in [6, 6.07) is 4.99. The lowest BCUT2D eigenvalue weighted by atomic mass is 9.71. The van der Waals surface area contributed by atoms with E-state index in [-0.39, 0.29) is 5.69 Å². The van der Waals surface area contributed by atoms with Gasteiger partial charge in [-0.15, -0.1) is 4.94 Å². The zero-order valence-corrected chi connectivity index (χ0v) is 25.6. The number of hydrogen-bond donors (Lipinski definition) is 0. The maximum atomic E-state index is 12.8. The lowest BCUT2D eigenvalue weighted by molar-refractivity contribution is -0.471. The number of hydrogen-bond acceptors (Lipinski definition) is 6.